The first-order chi connectivity index (χ1) is 9.54. The number of H-pyrrole nitrogens is 2. The van der Waals surface area contributed by atoms with Gasteiger partial charge in [0.2, 0.25) is 0 Å². The second-order valence-corrected chi connectivity index (χ2v) is 6.91. The zero-order valence-corrected chi connectivity index (χ0v) is 14.6. The molecule has 0 aliphatic rings. The van der Waals surface area contributed by atoms with E-state index in [4.69, 9.17) is 11.6 Å². The predicted octanol–water partition coefficient (Wildman–Crippen LogP) is 4.60. The zero-order chi connectivity index (χ0) is 14.3. The molecule has 0 saturated carbocycles. The van der Waals surface area contributed by atoms with Gasteiger partial charge in [-0.1, -0.05) is 39.7 Å². The standard InChI is InChI=1S/C14H9BrClIN2O/c15-13(7-1-3-10(17)9(16)5-7)8-2-4-11-12(6-8)19-14(20)18-11/h1-6,13H,(H2,18,19,20). The highest BCUT2D eigenvalue weighted by Gasteiger charge is 2.13. The fourth-order valence-electron chi connectivity index (χ4n) is 2.07. The first-order valence-corrected chi connectivity index (χ1v) is 8.23. The third-order valence-electron chi connectivity index (χ3n) is 3.07. The molecule has 2 aromatic carbocycles. The van der Waals surface area contributed by atoms with E-state index < -0.39 is 0 Å². The largest absolute Gasteiger partial charge is 0.323 e. The number of hydrogen-bond donors (Lipinski definition) is 2. The molecular formula is C14H9BrClIN2O. The van der Waals surface area contributed by atoms with Crippen LogP contribution < -0.4 is 5.69 Å². The summed E-state index contributed by atoms with van der Waals surface area (Å²) in [6, 6.07) is 11.8. The van der Waals surface area contributed by atoms with Crippen LogP contribution in [0.4, 0.5) is 0 Å². The molecule has 3 aromatic rings. The second-order valence-electron chi connectivity index (χ2n) is 4.42. The normalized spacial score (nSPS) is 12.8. The average Bonchev–Trinajstić information content (AvgIpc) is 2.80. The molecule has 1 unspecified atom stereocenters. The molecule has 0 fully saturated rings. The molecule has 0 radical (unpaired) electrons. The van der Waals surface area contributed by atoms with Gasteiger partial charge in [-0.05, 0) is 58.0 Å². The summed E-state index contributed by atoms with van der Waals surface area (Å²) in [5.41, 5.74) is 3.55. The lowest BCUT2D eigenvalue weighted by Crippen LogP contribution is -1.99. The Kier molecular flexibility index (Phi) is 3.92. The van der Waals surface area contributed by atoms with E-state index in [9.17, 15) is 4.79 Å². The van der Waals surface area contributed by atoms with Crippen molar-refractivity contribution in [2.75, 3.05) is 0 Å². The summed E-state index contributed by atoms with van der Waals surface area (Å²) in [5.74, 6) is 0. The topological polar surface area (TPSA) is 48.6 Å². The molecule has 3 nitrogen and oxygen atoms in total. The van der Waals surface area contributed by atoms with Crippen molar-refractivity contribution in [3.05, 3.63) is 66.6 Å². The third kappa shape index (κ3) is 2.66. The Labute approximate surface area is 142 Å². The van der Waals surface area contributed by atoms with Crippen molar-refractivity contribution in [1.82, 2.24) is 9.97 Å². The summed E-state index contributed by atoms with van der Waals surface area (Å²) >= 11 is 12.0. The van der Waals surface area contributed by atoms with E-state index in [-0.39, 0.29) is 10.5 Å². The van der Waals surface area contributed by atoms with Crippen LogP contribution >= 0.6 is 50.1 Å². The summed E-state index contributed by atoms with van der Waals surface area (Å²) in [4.78, 5) is 16.8. The quantitative estimate of drug-likeness (QED) is 0.424. The van der Waals surface area contributed by atoms with E-state index in [0.717, 1.165) is 30.8 Å². The van der Waals surface area contributed by atoms with Gasteiger partial charge in [0.25, 0.3) is 0 Å². The Morgan fingerprint density at radius 1 is 1.05 bits per heavy atom. The van der Waals surface area contributed by atoms with Gasteiger partial charge in [-0.15, -0.1) is 0 Å². The highest BCUT2D eigenvalue weighted by molar-refractivity contribution is 14.1. The molecule has 1 heterocycles. The van der Waals surface area contributed by atoms with Crippen molar-refractivity contribution in [1.29, 1.82) is 0 Å². The molecule has 2 N–H and O–H groups in total. The average molecular weight is 464 g/mol. The molecular weight excluding hydrogens is 454 g/mol. The van der Waals surface area contributed by atoms with Crippen LogP contribution in [-0.4, -0.2) is 9.97 Å². The minimum atomic E-state index is -0.194. The molecule has 6 heteroatoms. The van der Waals surface area contributed by atoms with E-state index in [1.54, 1.807) is 0 Å². The van der Waals surface area contributed by atoms with Gasteiger partial charge in [0.1, 0.15) is 0 Å². The monoisotopic (exact) mass is 462 g/mol. The molecule has 0 spiro atoms. The molecule has 0 aliphatic heterocycles. The maximum atomic E-state index is 11.3. The van der Waals surface area contributed by atoms with Crippen LogP contribution in [0.5, 0.6) is 0 Å². The first kappa shape index (κ1) is 14.2. The summed E-state index contributed by atoms with van der Waals surface area (Å²) < 4.78 is 1.03. The van der Waals surface area contributed by atoms with Gasteiger partial charge in [0, 0.05) is 3.57 Å². The minimum absolute atomic E-state index is 0.0276. The number of aromatic nitrogens is 2. The van der Waals surface area contributed by atoms with Crippen LogP contribution in [0.15, 0.2) is 41.2 Å². The van der Waals surface area contributed by atoms with Crippen LogP contribution in [0.1, 0.15) is 16.0 Å². The highest BCUT2D eigenvalue weighted by Crippen LogP contribution is 2.34. The Morgan fingerprint density at radius 2 is 1.70 bits per heavy atom. The van der Waals surface area contributed by atoms with Crippen molar-refractivity contribution in [2.24, 2.45) is 0 Å². The number of halogens is 3. The molecule has 0 bridgehead atoms. The predicted molar refractivity (Wildman–Crippen MR) is 93.9 cm³/mol. The van der Waals surface area contributed by atoms with Gasteiger partial charge in [-0.2, -0.15) is 0 Å². The summed E-state index contributed by atoms with van der Waals surface area (Å²) in [6.07, 6.45) is 0. The molecule has 20 heavy (non-hydrogen) atoms. The summed E-state index contributed by atoms with van der Waals surface area (Å²) in [5, 5.41) is 0.740. The fourth-order valence-corrected chi connectivity index (χ4v) is 3.16. The lowest BCUT2D eigenvalue weighted by molar-refractivity contribution is 1.18. The highest BCUT2D eigenvalue weighted by atomic mass is 127. The number of aromatic amines is 2. The Balaban J connectivity index is 2.04. The Morgan fingerprint density at radius 3 is 2.45 bits per heavy atom. The van der Waals surface area contributed by atoms with Gasteiger partial charge in [-0.25, -0.2) is 4.79 Å². The fraction of sp³-hybridized carbons (Fsp3) is 0.0714. The van der Waals surface area contributed by atoms with Crippen molar-refractivity contribution in [3.8, 4) is 0 Å². The second kappa shape index (κ2) is 5.54. The van der Waals surface area contributed by atoms with Crippen LogP contribution in [-0.2, 0) is 0 Å². The summed E-state index contributed by atoms with van der Waals surface area (Å²) in [7, 11) is 0. The number of benzene rings is 2. The maximum absolute atomic E-state index is 11.3. The molecule has 0 amide bonds. The summed E-state index contributed by atoms with van der Waals surface area (Å²) in [6.45, 7) is 0. The minimum Gasteiger partial charge on any atom is -0.306 e. The SMILES string of the molecule is O=c1[nH]c2ccc(C(Br)c3ccc(I)c(Cl)c3)cc2[nH]1. The molecule has 0 aliphatic carbocycles. The van der Waals surface area contributed by atoms with E-state index >= 15 is 0 Å². The molecule has 1 aromatic heterocycles. The lowest BCUT2D eigenvalue weighted by atomic mass is 10.0. The molecule has 102 valence electrons. The van der Waals surface area contributed by atoms with Crippen LogP contribution in [0.3, 0.4) is 0 Å². The number of rotatable bonds is 2. The third-order valence-corrected chi connectivity index (χ3v) is 5.70. The van der Waals surface area contributed by atoms with Crippen LogP contribution in [0.2, 0.25) is 5.02 Å². The zero-order valence-electron chi connectivity index (χ0n) is 10.1. The van der Waals surface area contributed by atoms with Crippen LogP contribution in [0.25, 0.3) is 11.0 Å². The van der Waals surface area contributed by atoms with Gasteiger partial charge < -0.3 is 9.97 Å². The number of imidazole rings is 1. The Bertz CT molecular complexity index is 843. The van der Waals surface area contributed by atoms with Crippen molar-refractivity contribution in [2.45, 2.75) is 4.83 Å². The number of nitrogens with one attached hydrogen (secondary N) is 2. The number of hydrogen-bond acceptors (Lipinski definition) is 1. The number of fused-ring (bicyclic) bond motifs is 1. The van der Waals surface area contributed by atoms with Crippen LogP contribution in [0, 0.1) is 3.57 Å². The van der Waals surface area contributed by atoms with Crippen molar-refractivity contribution >= 4 is 61.2 Å². The van der Waals surface area contributed by atoms with Crippen molar-refractivity contribution in [3.63, 3.8) is 0 Å². The van der Waals surface area contributed by atoms with Gasteiger partial charge >= 0.3 is 5.69 Å². The molecule has 3 rings (SSSR count). The van der Waals surface area contributed by atoms with Gasteiger partial charge in [0.05, 0.1) is 20.9 Å². The van der Waals surface area contributed by atoms with Crippen molar-refractivity contribution < 1.29 is 0 Å². The molecule has 1 atom stereocenters. The van der Waals surface area contributed by atoms with E-state index in [1.807, 2.05) is 36.4 Å². The number of alkyl halides is 1. The van der Waals surface area contributed by atoms with E-state index in [1.165, 1.54) is 0 Å². The molecule has 0 saturated heterocycles. The van der Waals surface area contributed by atoms with Gasteiger partial charge in [0.15, 0.2) is 0 Å². The van der Waals surface area contributed by atoms with Gasteiger partial charge in [-0.3, -0.25) is 0 Å². The Hall–Kier alpha value is -0.790. The van der Waals surface area contributed by atoms with E-state index in [2.05, 4.69) is 48.5 Å². The maximum Gasteiger partial charge on any atom is 0.323 e. The first-order valence-electron chi connectivity index (χ1n) is 5.85. The lowest BCUT2D eigenvalue weighted by Gasteiger charge is -2.11. The smallest absolute Gasteiger partial charge is 0.306 e. The van der Waals surface area contributed by atoms with E-state index in [0.29, 0.717) is 0 Å².